The zero-order valence-electron chi connectivity index (χ0n) is 16.7. The third-order valence-electron chi connectivity index (χ3n) is 5.68. The Morgan fingerprint density at radius 2 is 1.93 bits per heavy atom. The second-order valence-electron chi connectivity index (χ2n) is 7.76. The molecule has 6 heteroatoms. The summed E-state index contributed by atoms with van der Waals surface area (Å²) >= 11 is 0. The maximum absolute atomic E-state index is 12.3. The summed E-state index contributed by atoms with van der Waals surface area (Å²) in [6.07, 6.45) is 4.93. The van der Waals surface area contributed by atoms with Crippen LogP contribution in [0.15, 0.2) is 66.9 Å². The lowest BCUT2D eigenvalue weighted by Gasteiger charge is -2.22. The second-order valence-corrected chi connectivity index (χ2v) is 7.76. The summed E-state index contributed by atoms with van der Waals surface area (Å²) in [6.45, 7) is 0.752. The molecule has 1 N–H and O–H groups in total. The largest absolute Gasteiger partial charge is 0.293 e. The normalized spacial score (nSPS) is 15.7. The van der Waals surface area contributed by atoms with Crippen molar-refractivity contribution in [1.29, 1.82) is 0 Å². The summed E-state index contributed by atoms with van der Waals surface area (Å²) in [5.74, 6) is 1.62. The van der Waals surface area contributed by atoms with E-state index < -0.39 is 0 Å². The number of benzene rings is 2. The number of para-hydroxylation sites is 1. The molecule has 4 aromatic rings. The molecule has 30 heavy (non-hydrogen) atoms. The van der Waals surface area contributed by atoms with Crippen molar-refractivity contribution in [2.75, 3.05) is 5.32 Å². The van der Waals surface area contributed by atoms with Crippen LogP contribution in [0.25, 0.3) is 10.9 Å². The lowest BCUT2D eigenvalue weighted by Crippen LogP contribution is -2.20. The Balaban J connectivity index is 1.24. The fourth-order valence-corrected chi connectivity index (χ4v) is 4.03. The molecular weight excluding hydrogens is 374 g/mol. The first kappa shape index (κ1) is 18.5. The van der Waals surface area contributed by atoms with Gasteiger partial charge in [0.1, 0.15) is 5.82 Å². The van der Waals surface area contributed by atoms with Crippen LogP contribution < -0.4 is 5.32 Å². The summed E-state index contributed by atoms with van der Waals surface area (Å²) in [5, 5.41) is 8.55. The molecule has 0 aliphatic carbocycles. The fourth-order valence-electron chi connectivity index (χ4n) is 4.03. The van der Waals surface area contributed by atoms with Crippen molar-refractivity contribution in [2.45, 2.75) is 38.1 Å². The van der Waals surface area contributed by atoms with E-state index in [1.165, 1.54) is 5.56 Å². The summed E-state index contributed by atoms with van der Waals surface area (Å²) in [7, 11) is 0. The van der Waals surface area contributed by atoms with Gasteiger partial charge in [-0.05, 0) is 36.1 Å². The number of aryl methyl sites for hydroxylation is 2. The summed E-state index contributed by atoms with van der Waals surface area (Å²) < 4.78 is 1.93. The van der Waals surface area contributed by atoms with Gasteiger partial charge in [-0.1, -0.05) is 48.5 Å². The third kappa shape index (κ3) is 3.94. The van der Waals surface area contributed by atoms with Crippen LogP contribution in [0.5, 0.6) is 0 Å². The first-order valence-corrected chi connectivity index (χ1v) is 10.4. The molecule has 0 bridgehead atoms. The van der Waals surface area contributed by atoms with Crippen molar-refractivity contribution in [1.82, 2.24) is 19.7 Å². The Bertz CT molecular complexity index is 1180. The minimum absolute atomic E-state index is 0.0583. The number of carbonyl (C=O) groups excluding carboxylic acids is 1. The van der Waals surface area contributed by atoms with Gasteiger partial charge in [0, 0.05) is 30.3 Å². The Morgan fingerprint density at radius 1 is 1.10 bits per heavy atom. The average molecular weight is 397 g/mol. The third-order valence-corrected chi connectivity index (χ3v) is 5.68. The van der Waals surface area contributed by atoms with Gasteiger partial charge < -0.3 is 0 Å². The molecule has 0 radical (unpaired) electrons. The van der Waals surface area contributed by atoms with E-state index in [0.717, 1.165) is 41.7 Å². The number of carbonyl (C=O) groups is 1. The molecule has 1 amide bonds. The Hall–Kier alpha value is -3.54. The maximum atomic E-state index is 12.3. The molecule has 0 saturated heterocycles. The molecule has 0 fully saturated rings. The maximum Gasteiger partial charge on any atom is 0.248 e. The van der Waals surface area contributed by atoms with Crippen LogP contribution in [-0.4, -0.2) is 25.7 Å². The first-order valence-electron chi connectivity index (χ1n) is 10.4. The van der Waals surface area contributed by atoms with Crippen LogP contribution in [0.3, 0.4) is 0 Å². The molecule has 1 aliphatic rings. The number of hydrogen-bond donors (Lipinski definition) is 1. The summed E-state index contributed by atoms with van der Waals surface area (Å²) in [4.78, 5) is 21.4. The van der Waals surface area contributed by atoms with Crippen LogP contribution in [0.2, 0.25) is 0 Å². The number of anilines is 1. The lowest BCUT2D eigenvalue weighted by molar-refractivity contribution is -0.116. The number of hydrogen-bond acceptors (Lipinski definition) is 4. The Kier molecular flexibility index (Phi) is 4.97. The zero-order chi connectivity index (χ0) is 20.3. The van der Waals surface area contributed by atoms with Crippen molar-refractivity contribution in [3.05, 3.63) is 83.8 Å². The van der Waals surface area contributed by atoms with Gasteiger partial charge in [-0.3, -0.25) is 15.1 Å². The highest BCUT2D eigenvalue weighted by molar-refractivity contribution is 5.89. The van der Waals surface area contributed by atoms with Gasteiger partial charge in [-0.15, -0.1) is 5.10 Å². The highest BCUT2D eigenvalue weighted by Crippen LogP contribution is 2.29. The average Bonchev–Trinajstić information content (AvgIpc) is 3.19. The van der Waals surface area contributed by atoms with Crippen LogP contribution in [0.1, 0.15) is 35.7 Å². The molecule has 5 rings (SSSR count). The molecule has 0 spiro atoms. The van der Waals surface area contributed by atoms with Gasteiger partial charge in [0.2, 0.25) is 11.9 Å². The molecule has 1 atom stereocenters. The number of aromatic nitrogens is 4. The predicted molar refractivity (Wildman–Crippen MR) is 116 cm³/mol. The lowest BCUT2D eigenvalue weighted by atomic mass is 9.92. The molecule has 0 saturated carbocycles. The van der Waals surface area contributed by atoms with Crippen LogP contribution in [-0.2, 0) is 24.2 Å². The van der Waals surface area contributed by atoms with E-state index in [1.807, 2.05) is 59.4 Å². The van der Waals surface area contributed by atoms with Gasteiger partial charge in [0.05, 0.1) is 12.1 Å². The van der Waals surface area contributed by atoms with E-state index in [2.05, 4.69) is 32.5 Å². The van der Waals surface area contributed by atoms with Gasteiger partial charge in [0.15, 0.2) is 0 Å². The van der Waals surface area contributed by atoms with E-state index in [0.29, 0.717) is 24.7 Å². The Labute approximate surface area is 175 Å². The zero-order valence-corrected chi connectivity index (χ0v) is 16.7. The van der Waals surface area contributed by atoms with Crippen molar-refractivity contribution in [3.8, 4) is 0 Å². The van der Waals surface area contributed by atoms with Gasteiger partial charge in [-0.25, -0.2) is 4.68 Å². The molecule has 2 aromatic heterocycles. The van der Waals surface area contributed by atoms with Gasteiger partial charge >= 0.3 is 0 Å². The molecule has 6 nitrogen and oxygen atoms in total. The standard InChI is InChI=1S/C24H23N5O/c30-23(13-10-17-6-2-1-3-7-17)27-24-26-22-12-11-19(16-29(22)28-24)20-14-18-8-4-5-9-21(18)25-15-20/h1-9,14-15,19H,10-13,16H2,(H,27,28,30). The molecule has 150 valence electrons. The molecule has 1 aliphatic heterocycles. The number of nitrogens with one attached hydrogen (secondary N) is 1. The number of fused-ring (bicyclic) bond motifs is 2. The molecule has 1 unspecified atom stereocenters. The molecule has 2 aromatic carbocycles. The predicted octanol–water partition coefficient (Wildman–Crippen LogP) is 4.13. The van der Waals surface area contributed by atoms with Crippen LogP contribution in [0.4, 0.5) is 5.95 Å². The van der Waals surface area contributed by atoms with Gasteiger partial charge in [0.25, 0.3) is 0 Å². The number of rotatable bonds is 5. The fraction of sp³-hybridized carbons (Fsp3) is 0.250. The van der Waals surface area contributed by atoms with Crippen LogP contribution >= 0.6 is 0 Å². The highest BCUT2D eigenvalue weighted by Gasteiger charge is 2.24. The van der Waals surface area contributed by atoms with Crippen molar-refractivity contribution in [3.63, 3.8) is 0 Å². The first-order chi connectivity index (χ1) is 14.7. The second kappa shape index (κ2) is 8.06. The number of pyridine rings is 1. The minimum atomic E-state index is -0.0583. The summed E-state index contributed by atoms with van der Waals surface area (Å²) in [5.41, 5.74) is 3.39. The SMILES string of the molecule is O=C(CCc1ccccc1)Nc1nc2n(n1)CC(c1cnc3ccccc3c1)CC2. The van der Waals surface area contributed by atoms with E-state index >= 15 is 0 Å². The summed E-state index contributed by atoms with van der Waals surface area (Å²) in [6, 6.07) is 20.4. The minimum Gasteiger partial charge on any atom is -0.293 e. The van der Waals surface area contributed by atoms with Crippen molar-refractivity contribution in [2.24, 2.45) is 0 Å². The smallest absolute Gasteiger partial charge is 0.248 e. The highest BCUT2D eigenvalue weighted by atomic mass is 16.1. The van der Waals surface area contributed by atoms with Crippen LogP contribution in [0, 0.1) is 0 Å². The monoisotopic (exact) mass is 397 g/mol. The van der Waals surface area contributed by atoms with Crippen molar-refractivity contribution >= 4 is 22.8 Å². The Morgan fingerprint density at radius 3 is 2.83 bits per heavy atom. The molecule has 3 heterocycles. The number of nitrogens with zero attached hydrogens (tertiary/aromatic N) is 4. The number of amides is 1. The van der Waals surface area contributed by atoms with E-state index in [-0.39, 0.29) is 5.91 Å². The quantitative estimate of drug-likeness (QED) is 0.550. The molecular formula is C24H23N5O. The topological polar surface area (TPSA) is 72.7 Å². The van der Waals surface area contributed by atoms with E-state index in [1.54, 1.807) is 0 Å². The van der Waals surface area contributed by atoms with E-state index in [4.69, 9.17) is 0 Å². The van der Waals surface area contributed by atoms with Crippen molar-refractivity contribution < 1.29 is 4.79 Å². The van der Waals surface area contributed by atoms with Gasteiger partial charge in [-0.2, -0.15) is 4.98 Å². The van der Waals surface area contributed by atoms with E-state index in [9.17, 15) is 4.79 Å².